The van der Waals surface area contributed by atoms with Gasteiger partial charge in [0.05, 0.1) is 0 Å². The van der Waals surface area contributed by atoms with E-state index in [-0.39, 0.29) is 5.91 Å². The minimum atomic E-state index is -0.218. The molecular weight excluding hydrogens is 314 g/mol. The zero-order valence-electron chi connectivity index (χ0n) is 14.9. The third-order valence-corrected chi connectivity index (χ3v) is 4.57. The molecule has 0 atom stereocenters. The number of benzene rings is 1. The van der Waals surface area contributed by atoms with Crippen LogP contribution in [0.15, 0.2) is 36.7 Å². The second-order valence-electron chi connectivity index (χ2n) is 6.13. The number of nitrogens with one attached hydrogen (secondary N) is 1. The van der Waals surface area contributed by atoms with E-state index in [4.69, 9.17) is 0 Å². The maximum atomic E-state index is 12.5. The van der Waals surface area contributed by atoms with Crippen LogP contribution in [0.25, 0.3) is 0 Å². The first-order valence-electron chi connectivity index (χ1n) is 8.94. The van der Waals surface area contributed by atoms with Crippen LogP contribution in [0.4, 0.5) is 17.2 Å². The Kier molecular flexibility index (Phi) is 5.48. The van der Waals surface area contributed by atoms with Crippen molar-refractivity contribution in [3.8, 4) is 0 Å². The molecule has 0 unspecified atom stereocenters. The summed E-state index contributed by atoms with van der Waals surface area (Å²) in [6.07, 6.45) is 3.95. The molecule has 1 aromatic heterocycles. The minimum Gasteiger partial charge on any atom is -0.372 e. The smallest absolute Gasteiger partial charge is 0.274 e. The molecule has 3 rings (SSSR count). The summed E-state index contributed by atoms with van der Waals surface area (Å²) in [5.74, 6) is 0.555. The van der Waals surface area contributed by atoms with E-state index in [0.29, 0.717) is 5.69 Å². The third-order valence-electron chi connectivity index (χ3n) is 4.57. The van der Waals surface area contributed by atoms with Crippen molar-refractivity contribution < 1.29 is 4.79 Å². The van der Waals surface area contributed by atoms with Crippen LogP contribution in [-0.4, -0.2) is 42.1 Å². The zero-order chi connectivity index (χ0) is 17.6. The summed E-state index contributed by atoms with van der Waals surface area (Å²) in [5, 5.41) is 2.91. The van der Waals surface area contributed by atoms with E-state index >= 15 is 0 Å². The fourth-order valence-electron chi connectivity index (χ4n) is 3.12. The molecule has 132 valence electrons. The predicted molar refractivity (Wildman–Crippen MR) is 101 cm³/mol. The van der Waals surface area contributed by atoms with Gasteiger partial charge in [-0.2, -0.15) is 0 Å². The molecule has 1 amide bonds. The van der Waals surface area contributed by atoms with Crippen LogP contribution in [0, 0.1) is 0 Å². The highest BCUT2D eigenvalue weighted by molar-refractivity contribution is 6.03. The molecule has 1 fully saturated rings. The van der Waals surface area contributed by atoms with E-state index in [9.17, 15) is 4.79 Å². The van der Waals surface area contributed by atoms with Crippen molar-refractivity contribution in [2.75, 3.05) is 41.3 Å². The van der Waals surface area contributed by atoms with Gasteiger partial charge in [-0.15, -0.1) is 0 Å². The summed E-state index contributed by atoms with van der Waals surface area (Å²) in [4.78, 5) is 25.3. The average Bonchev–Trinajstić information content (AvgIpc) is 3.18. The first-order valence-corrected chi connectivity index (χ1v) is 8.94. The molecule has 1 N–H and O–H groups in total. The Morgan fingerprint density at radius 1 is 1.12 bits per heavy atom. The molecule has 1 aliphatic heterocycles. The molecule has 1 saturated heterocycles. The Morgan fingerprint density at radius 2 is 1.80 bits per heavy atom. The van der Waals surface area contributed by atoms with E-state index in [2.05, 4.69) is 51.1 Å². The first kappa shape index (κ1) is 17.2. The summed E-state index contributed by atoms with van der Waals surface area (Å²) in [6, 6.07) is 9.74. The van der Waals surface area contributed by atoms with Crippen LogP contribution in [0.5, 0.6) is 0 Å². The van der Waals surface area contributed by atoms with Crippen molar-refractivity contribution in [3.63, 3.8) is 0 Å². The lowest BCUT2D eigenvalue weighted by atomic mass is 10.2. The molecule has 1 aromatic carbocycles. The molecule has 0 saturated carbocycles. The molecule has 25 heavy (non-hydrogen) atoms. The summed E-state index contributed by atoms with van der Waals surface area (Å²) >= 11 is 0. The third kappa shape index (κ3) is 4.07. The Balaban J connectivity index is 1.68. The molecule has 2 heterocycles. The van der Waals surface area contributed by atoms with Gasteiger partial charge in [0.2, 0.25) is 0 Å². The lowest BCUT2D eigenvalue weighted by Crippen LogP contribution is -2.24. The number of hydrogen-bond donors (Lipinski definition) is 1. The predicted octanol–water partition coefficient (Wildman–Crippen LogP) is 3.18. The molecule has 1 aliphatic rings. The van der Waals surface area contributed by atoms with E-state index in [1.807, 2.05) is 12.1 Å². The van der Waals surface area contributed by atoms with Crippen LogP contribution in [0.3, 0.4) is 0 Å². The second kappa shape index (κ2) is 7.96. The Morgan fingerprint density at radius 3 is 2.44 bits per heavy atom. The van der Waals surface area contributed by atoms with Crippen LogP contribution in [0.2, 0.25) is 0 Å². The van der Waals surface area contributed by atoms with Crippen molar-refractivity contribution in [2.24, 2.45) is 0 Å². The summed E-state index contributed by atoms with van der Waals surface area (Å²) < 4.78 is 0. The van der Waals surface area contributed by atoms with Crippen molar-refractivity contribution in [3.05, 3.63) is 42.4 Å². The Hall–Kier alpha value is -2.63. The quantitative estimate of drug-likeness (QED) is 0.876. The van der Waals surface area contributed by atoms with E-state index in [1.54, 1.807) is 6.07 Å². The number of hydrogen-bond acceptors (Lipinski definition) is 5. The van der Waals surface area contributed by atoms with Gasteiger partial charge in [-0.25, -0.2) is 9.97 Å². The second-order valence-corrected chi connectivity index (χ2v) is 6.13. The van der Waals surface area contributed by atoms with Crippen molar-refractivity contribution in [1.82, 2.24) is 9.97 Å². The lowest BCUT2D eigenvalue weighted by molar-refractivity contribution is 0.102. The van der Waals surface area contributed by atoms with Gasteiger partial charge in [0.15, 0.2) is 0 Å². The van der Waals surface area contributed by atoms with Gasteiger partial charge in [-0.3, -0.25) is 4.79 Å². The van der Waals surface area contributed by atoms with Crippen molar-refractivity contribution >= 4 is 23.1 Å². The molecule has 2 aromatic rings. The van der Waals surface area contributed by atoms with E-state index < -0.39 is 0 Å². The summed E-state index contributed by atoms with van der Waals surface area (Å²) in [5.41, 5.74) is 2.36. The number of anilines is 3. The first-order chi connectivity index (χ1) is 12.2. The maximum absolute atomic E-state index is 12.5. The molecule has 6 nitrogen and oxygen atoms in total. The highest BCUT2D eigenvalue weighted by Gasteiger charge is 2.14. The van der Waals surface area contributed by atoms with Crippen LogP contribution in [-0.2, 0) is 0 Å². The number of nitrogens with zero attached hydrogens (tertiary/aromatic N) is 4. The standard InChI is InChI=1S/C19H25N5O/c1-3-23(4-2)18-13-17(20-14-21-18)19(25)22-15-7-9-16(10-8-15)24-11-5-6-12-24/h7-10,13-14H,3-6,11-12H2,1-2H3,(H,22,25). The normalized spacial score (nSPS) is 13.8. The fraction of sp³-hybridized carbons (Fsp3) is 0.421. The molecule has 0 radical (unpaired) electrons. The number of amides is 1. The van der Waals surface area contributed by atoms with E-state index in [0.717, 1.165) is 37.7 Å². The van der Waals surface area contributed by atoms with E-state index in [1.165, 1.54) is 24.9 Å². The number of aromatic nitrogens is 2. The van der Waals surface area contributed by atoms with Gasteiger partial charge in [-0.1, -0.05) is 0 Å². The van der Waals surface area contributed by atoms with Crippen LogP contribution in [0.1, 0.15) is 37.2 Å². The van der Waals surface area contributed by atoms with Gasteiger partial charge in [-0.05, 0) is 51.0 Å². The van der Waals surface area contributed by atoms with Gasteiger partial charge in [0, 0.05) is 43.6 Å². The number of rotatable bonds is 6. The zero-order valence-corrected chi connectivity index (χ0v) is 14.9. The minimum absolute atomic E-state index is 0.218. The SMILES string of the molecule is CCN(CC)c1cc(C(=O)Nc2ccc(N3CCCC3)cc2)ncn1. The number of carbonyl (C=O) groups excluding carboxylic acids is 1. The lowest BCUT2D eigenvalue weighted by Gasteiger charge is -2.19. The largest absolute Gasteiger partial charge is 0.372 e. The summed E-state index contributed by atoms with van der Waals surface area (Å²) in [7, 11) is 0. The summed E-state index contributed by atoms with van der Waals surface area (Å²) in [6.45, 7) is 8.03. The average molecular weight is 339 g/mol. The highest BCUT2D eigenvalue weighted by Crippen LogP contribution is 2.22. The molecule has 0 aliphatic carbocycles. The van der Waals surface area contributed by atoms with Gasteiger partial charge >= 0.3 is 0 Å². The van der Waals surface area contributed by atoms with Gasteiger partial charge in [0.25, 0.3) is 5.91 Å². The molecule has 6 heteroatoms. The van der Waals surface area contributed by atoms with Crippen molar-refractivity contribution in [1.29, 1.82) is 0 Å². The van der Waals surface area contributed by atoms with Crippen molar-refractivity contribution in [2.45, 2.75) is 26.7 Å². The molecular formula is C19H25N5O. The van der Waals surface area contributed by atoms with Crippen LogP contribution < -0.4 is 15.1 Å². The van der Waals surface area contributed by atoms with Gasteiger partial charge < -0.3 is 15.1 Å². The Bertz CT molecular complexity index is 706. The van der Waals surface area contributed by atoms with Gasteiger partial charge in [0.1, 0.15) is 17.8 Å². The topological polar surface area (TPSA) is 61.4 Å². The molecule has 0 bridgehead atoms. The highest BCUT2D eigenvalue weighted by atomic mass is 16.1. The molecule has 0 spiro atoms. The number of carbonyl (C=O) groups is 1. The monoisotopic (exact) mass is 339 g/mol. The maximum Gasteiger partial charge on any atom is 0.274 e. The Labute approximate surface area is 148 Å². The van der Waals surface area contributed by atoms with Crippen LogP contribution >= 0.6 is 0 Å². The fourth-order valence-corrected chi connectivity index (χ4v) is 3.12.